The highest BCUT2D eigenvalue weighted by Gasteiger charge is 2.47. The number of para-hydroxylation sites is 3. The Morgan fingerprint density at radius 2 is 1.20 bits per heavy atom. The van der Waals surface area contributed by atoms with Gasteiger partial charge >= 0.3 is 6.85 Å². The first-order valence-electron chi connectivity index (χ1n) is 21.2. The molecule has 10 aromatic rings. The number of benzene rings is 7. The van der Waals surface area contributed by atoms with Crippen molar-refractivity contribution in [2.75, 3.05) is 4.90 Å². The highest BCUT2D eigenvalue weighted by molar-refractivity contribution is 6.91. The predicted octanol–water partition coefficient (Wildman–Crippen LogP) is 13.5. The van der Waals surface area contributed by atoms with Crippen molar-refractivity contribution in [3.63, 3.8) is 0 Å². The van der Waals surface area contributed by atoms with Gasteiger partial charge in [-0.25, -0.2) is 0 Å². The molecule has 13 rings (SSSR count). The Hall–Kier alpha value is -6.46. The van der Waals surface area contributed by atoms with Gasteiger partial charge in [0.25, 0.3) is 0 Å². The fourth-order valence-corrected chi connectivity index (χ4v) is 11.4. The van der Waals surface area contributed by atoms with E-state index in [1.165, 1.54) is 89.5 Å². The van der Waals surface area contributed by atoms with Crippen LogP contribution in [0.5, 0.6) is 0 Å². The van der Waals surface area contributed by atoms with E-state index in [2.05, 4.69) is 178 Å². The molecule has 4 nitrogen and oxygen atoms in total. The SMILES string of the molecule is Cc1ccccc1-c1cc2c3c(c1)N(c1cc4c(cc1C)C(C)(C)CCC4(C)C)c1ccc4c(oc5ccccc54)c1B3n1c3oc4ccccc4c3c3cccc-2c31. The number of fused-ring (bicyclic) bond motifs is 14. The van der Waals surface area contributed by atoms with E-state index in [1.54, 1.807) is 0 Å². The van der Waals surface area contributed by atoms with Crippen molar-refractivity contribution >= 4 is 89.7 Å². The maximum atomic E-state index is 7.10. The van der Waals surface area contributed by atoms with Crippen LogP contribution in [0.4, 0.5) is 17.1 Å². The summed E-state index contributed by atoms with van der Waals surface area (Å²) >= 11 is 0. The van der Waals surface area contributed by atoms with Gasteiger partial charge in [0, 0.05) is 55.2 Å². The van der Waals surface area contributed by atoms with Crippen molar-refractivity contribution in [3.8, 4) is 22.3 Å². The Balaban J connectivity index is 1.23. The number of hydrogen-bond acceptors (Lipinski definition) is 3. The molecule has 0 atom stereocenters. The van der Waals surface area contributed by atoms with Crippen LogP contribution in [0, 0.1) is 13.8 Å². The molecular formula is C54H43BN2O2. The molecule has 0 bridgehead atoms. The molecule has 284 valence electrons. The van der Waals surface area contributed by atoms with Crippen LogP contribution in [0.1, 0.15) is 62.8 Å². The second-order valence-electron chi connectivity index (χ2n) is 18.8. The van der Waals surface area contributed by atoms with Crippen molar-refractivity contribution in [2.45, 2.75) is 65.2 Å². The van der Waals surface area contributed by atoms with E-state index in [4.69, 9.17) is 8.83 Å². The van der Waals surface area contributed by atoms with Crippen LogP contribution < -0.4 is 15.8 Å². The van der Waals surface area contributed by atoms with Gasteiger partial charge in [-0.15, -0.1) is 0 Å². The summed E-state index contributed by atoms with van der Waals surface area (Å²) in [6.07, 6.45) is 2.33. The van der Waals surface area contributed by atoms with Crippen LogP contribution in [0.25, 0.3) is 77.2 Å². The summed E-state index contributed by atoms with van der Waals surface area (Å²) in [7, 11) is 0. The van der Waals surface area contributed by atoms with Gasteiger partial charge in [0.1, 0.15) is 16.7 Å². The molecule has 3 aromatic heterocycles. The average molecular weight is 763 g/mol. The molecule has 59 heavy (non-hydrogen) atoms. The smallest absolute Gasteiger partial charge is 0.339 e. The Labute approximate surface area is 343 Å². The van der Waals surface area contributed by atoms with Crippen LogP contribution in [0.2, 0.25) is 0 Å². The van der Waals surface area contributed by atoms with Gasteiger partial charge in [0.15, 0.2) is 5.71 Å². The van der Waals surface area contributed by atoms with E-state index in [0.717, 1.165) is 50.7 Å². The van der Waals surface area contributed by atoms with Gasteiger partial charge in [-0.05, 0) is 124 Å². The highest BCUT2D eigenvalue weighted by Crippen LogP contribution is 2.53. The van der Waals surface area contributed by atoms with Crippen LogP contribution in [0.15, 0.2) is 136 Å². The first-order chi connectivity index (χ1) is 28.6. The summed E-state index contributed by atoms with van der Waals surface area (Å²) in [5.74, 6) is 0. The second kappa shape index (κ2) is 11.2. The Morgan fingerprint density at radius 3 is 2.00 bits per heavy atom. The lowest BCUT2D eigenvalue weighted by Gasteiger charge is -2.44. The number of anilines is 3. The number of nitrogens with zero attached hydrogens (tertiary/aromatic N) is 2. The van der Waals surface area contributed by atoms with E-state index in [0.29, 0.717) is 0 Å². The monoisotopic (exact) mass is 762 g/mol. The molecule has 3 aliphatic rings. The summed E-state index contributed by atoms with van der Waals surface area (Å²) < 4.78 is 16.6. The molecular weight excluding hydrogens is 719 g/mol. The predicted molar refractivity (Wildman–Crippen MR) is 247 cm³/mol. The zero-order valence-corrected chi connectivity index (χ0v) is 34.3. The summed E-state index contributed by atoms with van der Waals surface area (Å²) in [5.41, 5.74) is 21.4. The normalized spacial score (nSPS) is 16.0. The van der Waals surface area contributed by atoms with Crippen molar-refractivity contribution in [1.29, 1.82) is 0 Å². The van der Waals surface area contributed by atoms with E-state index >= 15 is 0 Å². The minimum Gasteiger partial charge on any atom is -0.456 e. The van der Waals surface area contributed by atoms with Crippen molar-refractivity contribution in [2.24, 2.45) is 0 Å². The maximum absolute atomic E-state index is 7.10. The zero-order chi connectivity index (χ0) is 39.7. The molecule has 5 heteroatoms. The molecule has 0 N–H and O–H groups in total. The lowest BCUT2D eigenvalue weighted by atomic mass is 9.44. The van der Waals surface area contributed by atoms with Gasteiger partial charge in [-0.2, -0.15) is 0 Å². The fourth-order valence-electron chi connectivity index (χ4n) is 11.4. The minimum absolute atomic E-state index is 0.0438. The molecule has 5 heterocycles. The Kier molecular flexibility index (Phi) is 6.35. The summed E-state index contributed by atoms with van der Waals surface area (Å²) in [5, 5.41) is 5.79. The summed E-state index contributed by atoms with van der Waals surface area (Å²) in [6, 6.07) is 47.3. The third-order valence-corrected chi connectivity index (χ3v) is 14.5. The second-order valence-corrected chi connectivity index (χ2v) is 18.8. The third-order valence-electron chi connectivity index (χ3n) is 14.5. The lowest BCUT2D eigenvalue weighted by Crippen LogP contribution is -2.57. The van der Waals surface area contributed by atoms with Crippen LogP contribution >= 0.6 is 0 Å². The minimum atomic E-state index is -0.217. The molecule has 0 unspecified atom stereocenters. The number of aryl methyl sites for hydroxylation is 2. The Morgan fingerprint density at radius 1 is 0.525 bits per heavy atom. The molecule has 0 radical (unpaired) electrons. The maximum Gasteiger partial charge on any atom is 0.339 e. The largest absolute Gasteiger partial charge is 0.456 e. The van der Waals surface area contributed by atoms with Crippen LogP contribution in [0.3, 0.4) is 0 Å². The number of rotatable bonds is 2. The lowest BCUT2D eigenvalue weighted by molar-refractivity contribution is 0.332. The number of aromatic nitrogens is 1. The first kappa shape index (κ1) is 33.5. The first-order valence-corrected chi connectivity index (χ1v) is 21.2. The van der Waals surface area contributed by atoms with Gasteiger partial charge in [-0.1, -0.05) is 113 Å². The van der Waals surface area contributed by atoms with Crippen molar-refractivity contribution < 1.29 is 8.83 Å². The molecule has 0 saturated carbocycles. The van der Waals surface area contributed by atoms with Crippen molar-refractivity contribution in [1.82, 2.24) is 4.48 Å². The topological polar surface area (TPSA) is 34.5 Å². The van der Waals surface area contributed by atoms with E-state index in [1.807, 2.05) is 0 Å². The molecule has 1 aliphatic carbocycles. The molecule has 0 fully saturated rings. The van der Waals surface area contributed by atoms with Crippen LogP contribution in [-0.2, 0) is 10.8 Å². The Bertz CT molecular complexity index is 3500. The van der Waals surface area contributed by atoms with Crippen molar-refractivity contribution in [3.05, 3.63) is 150 Å². The fraction of sp³-hybridized carbons (Fsp3) is 0.185. The highest BCUT2D eigenvalue weighted by atomic mass is 16.3. The standard InChI is InChI=1S/C54H43BN2O2/c1-30-14-7-8-15-33(30)32-27-39-35-18-13-19-38-47-37-17-10-12-21-46(37)59-52(47)57(50(35)38)55-48(39)44(28-32)56(42-23-22-36-34-16-9-11-20-45(34)58-51(36)49(42)55)43-29-41-40(26-31(43)2)53(3,4)24-25-54(41,5)6/h7-23,26-29H,24-25H2,1-6H3. The quantitative estimate of drug-likeness (QED) is 0.165. The summed E-state index contributed by atoms with van der Waals surface area (Å²) in [4.78, 5) is 2.59. The van der Waals surface area contributed by atoms with Gasteiger partial charge in [-0.3, -0.25) is 0 Å². The molecule has 0 saturated heterocycles. The van der Waals surface area contributed by atoms with Gasteiger partial charge < -0.3 is 18.2 Å². The van der Waals surface area contributed by atoms with E-state index in [-0.39, 0.29) is 17.7 Å². The average Bonchev–Trinajstić information content (AvgIpc) is 3.91. The molecule has 2 aliphatic heterocycles. The number of furan rings is 2. The van der Waals surface area contributed by atoms with Gasteiger partial charge in [0.2, 0.25) is 0 Å². The van der Waals surface area contributed by atoms with Gasteiger partial charge in [0.05, 0.1) is 5.39 Å². The van der Waals surface area contributed by atoms with E-state index < -0.39 is 0 Å². The third kappa shape index (κ3) is 4.25. The molecule has 0 spiro atoms. The summed E-state index contributed by atoms with van der Waals surface area (Å²) in [6.45, 7) is 14.1. The molecule has 0 amide bonds. The zero-order valence-electron chi connectivity index (χ0n) is 34.3. The van der Waals surface area contributed by atoms with E-state index in [9.17, 15) is 0 Å². The van der Waals surface area contributed by atoms with Crippen LogP contribution in [-0.4, -0.2) is 11.3 Å². The molecule has 7 aromatic carbocycles. The number of hydrogen-bond donors (Lipinski definition) is 0.